The second-order valence-electron chi connectivity index (χ2n) is 8.18. The summed E-state index contributed by atoms with van der Waals surface area (Å²) in [5, 5.41) is 15.2. The summed E-state index contributed by atoms with van der Waals surface area (Å²) in [7, 11) is 3.96. The minimum absolute atomic E-state index is 0.114. The molecular weight excluding hydrogens is 408 g/mol. The summed E-state index contributed by atoms with van der Waals surface area (Å²) in [5.74, 6) is -1.27. The first-order valence-corrected chi connectivity index (χ1v) is 11.2. The van der Waals surface area contributed by atoms with Gasteiger partial charge in [-0.1, -0.05) is 36.4 Å². The Labute approximate surface area is 186 Å². The zero-order valence-electron chi connectivity index (χ0n) is 18.0. The van der Waals surface area contributed by atoms with Gasteiger partial charge in [-0.05, 0) is 67.8 Å². The molecule has 1 aromatic heterocycles. The van der Waals surface area contributed by atoms with Crippen LogP contribution in [-0.2, 0) is 9.59 Å². The van der Waals surface area contributed by atoms with Gasteiger partial charge in [0.2, 0.25) is 0 Å². The molecular formula is C25H26N2O3S. The van der Waals surface area contributed by atoms with Gasteiger partial charge >= 0.3 is 0 Å². The van der Waals surface area contributed by atoms with Crippen LogP contribution < -0.4 is 0 Å². The molecule has 1 amide bonds. The van der Waals surface area contributed by atoms with Gasteiger partial charge in [0.15, 0.2) is 0 Å². The van der Waals surface area contributed by atoms with E-state index < -0.39 is 17.7 Å². The van der Waals surface area contributed by atoms with Gasteiger partial charge in [0.1, 0.15) is 5.76 Å². The van der Waals surface area contributed by atoms with E-state index in [1.807, 2.05) is 68.9 Å². The number of ketones is 1. The minimum Gasteiger partial charge on any atom is -0.507 e. The third-order valence-electron chi connectivity index (χ3n) is 5.72. The average Bonchev–Trinajstić information content (AvgIpc) is 3.28. The first-order chi connectivity index (χ1) is 14.9. The number of likely N-dealkylation sites (tertiary alicyclic amines) is 1. The van der Waals surface area contributed by atoms with E-state index in [9.17, 15) is 14.7 Å². The van der Waals surface area contributed by atoms with Crippen LogP contribution in [0.5, 0.6) is 0 Å². The molecule has 2 heterocycles. The van der Waals surface area contributed by atoms with Crippen molar-refractivity contribution in [1.29, 1.82) is 0 Å². The Hall–Kier alpha value is -2.96. The fraction of sp³-hybridized carbons (Fsp3) is 0.280. The fourth-order valence-corrected chi connectivity index (χ4v) is 5.14. The molecule has 0 bridgehead atoms. The number of carbonyl (C=O) groups excluding carboxylic acids is 2. The van der Waals surface area contributed by atoms with Crippen molar-refractivity contribution < 1.29 is 14.7 Å². The number of amides is 1. The van der Waals surface area contributed by atoms with Crippen LogP contribution in [0.3, 0.4) is 0 Å². The van der Waals surface area contributed by atoms with Crippen LogP contribution in [-0.4, -0.2) is 53.8 Å². The van der Waals surface area contributed by atoms with E-state index in [0.29, 0.717) is 12.1 Å². The van der Waals surface area contributed by atoms with Crippen molar-refractivity contribution in [2.75, 3.05) is 27.2 Å². The number of Topliss-reactive ketones (excluding diaryl/α,β-unsaturated/α-hetero) is 1. The van der Waals surface area contributed by atoms with Crippen molar-refractivity contribution in [3.05, 3.63) is 75.5 Å². The predicted octanol–water partition coefficient (Wildman–Crippen LogP) is 4.58. The van der Waals surface area contributed by atoms with E-state index in [4.69, 9.17) is 0 Å². The van der Waals surface area contributed by atoms with Crippen LogP contribution in [0.15, 0.2) is 59.5 Å². The monoisotopic (exact) mass is 434 g/mol. The molecule has 1 N–H and O–H groups in total. The molecule has 31 heavy (non-hydrogen) atoms. The van der Waals surface area contributed by atoms with Crippen LogP contribution in [0.1, 0.15) is 28.5 Å². The average molecular weight is 435 g/mol. The summed E-state index contributed by atoms with van der Waals surface area (Å²) in [5.41, 5.74) is 1.74. The summed E-state index contributed by atoms with van der Waals surface area (Å²) in [6, 6.07) is 14.9. The van der Waals surface area contributed by atoms with E-state index in [0.717, 1.165) is 34.2 Å². The smallest absolute Gasteiger partial charge is 0.295 e. The molecule has 0 spiro atoms. The molecule has 1 aliphatic heterocycles. The summed E-state index contributed by atoms with van der Waals surface area (Å²) >= 11 is 1.51. The minimum atomic E-state index is -0.617. The Morgan fingerprint density at radius 1 is 1.10 bits per heavy atom. The molecule has 0 saturated carbocycles. The number of hydrogen-bond donors (Lipinski definition) is 1. The first kappa shape index (κ1) is 21.3. The lowest BCUT2D eigenvalue weighted by molar-refractivity contribution is -0.139. The molecule has 1 fully saturated rings. The number of thiophene rings is 1. The van der Waals surface area contributed by atoms with E-state index in [1.165, 1.54) is 11.3 Å². The van der Waals surface area contributed by atoms with Gasteiger partial charge in [0, 0.05) is 17.0 Å². The number of rotatable bonds is 6. The number of benzene rings is 2. The van der Waals surface area contributed by atoms with Crippen molar-refractivity contribution in [3.63, 3.8) is 0 Å². The lowest BCUT2D eigenvalue weighted by atomic mass is 9.97. The van der Waals surface area contributed by atoms with Gasteiger partial charge in [0.05, 0.1) is 11.6 Å². The number of aliphatic hydroxyl groups excluding tert-OH is 1. The summed E-state index contributed by atoms with van der Waals surface area (Å²) in [4.78, 5) is 30.7. The Balaban J connectivity index is 1.81. The quantitative estimate of drug-likeness (QED) is 0.350. The summed E-state index contributed by atoms with van der Waals surface area (Å²) in [6.07, 6.45) is 0.747. The third kappa shape index (κ3) is 4.01. The van der Waals surface area contributed by atoms with Crippen molar-refractivity contribution in [3.8, 4) is 0 Å². The van der Waals surface area contributed by atoms with Crippen molar-refractivity contribution in [2.24, 2.45) is 0 Å². The Kier molecular flexibility index (Phi) is 5.94. The number of fused-ring (bicyclic) bond motifs is 1. The topological polar surface area (TPSA) is 60.9 Å². The second kappa shape index (κ2) is 8.65. The molecule has 2 aromatic carbocycles. The molecule has 5 nitrogen and oxygen atoms in total. The Morgan fingerprint density at radius 2 is 1.84 bits per heavy atom. The van der Waals surface area contributed by atoms with Crippen molar-refractivity contribution in [2.45, 2.75) is 19.4 Å². The lowest BCUT2D eigenvalue weighted by Gasteiger charge is -2.25. The van der Waals surface area contributed by atoms with E-state index >= 15 is 0 Å². The highest BCUT2D eigenvalue weighted by atomic mass is 32.1. The van der Waals surface area contributed by atoms with E-state index in [2.05, 4.69) is 4.90 Å². The number of nitrogens with zero attached hydrogens (tertiary/aromatic N) is 2. The molecule has 4 rings (SSSR count). The Bertz CT molecular complexity index is 1180. The number of aliphatic hydroxyl groups is 1. The maximum absolute atomic E-state index is 13.1. The second-order valence-corrected chi connectivity index (χ2v) is 9.13. The van der Waals surface area contributed by atoms with Crippen LogP contribution in [0.25, 0.3) is 16.5 Å². The van der Waals surface area contributed by atoms with Gasteiger partial charge in [-0.2, -0.15) is 0 Å². The van der Waals surface area contributed by atoms with Crippen LogP contribution in [0.4, 0.5) is 0 Å². The molecule has 6 heteroatoms. The van der Waals surface area contributed by atoms with Crippen LogP contribution >= 0.6 is 11.3 Å². The van der Waals surface area contributed by atoms with Gasteiger partial charge in [-0.25, -0.2) is 0 Å². The van der Waals surface area contributed by atoms with Crippen LogP contribution in [0, 0.1) is 6.92 Å². The molecule has 1 atom stereocenters. The van der Waals surface area contributed by atoms with Crippen molar-refractivity contribution >= 4 is 39.6 Å². The zero-order valence-corrected chi connectivity index (χ0v) is 18.8. The molecule has 0 aliphatic carbocycles. The first-order valence-electron chi connectivity index (χ1n) is 10.3. The highest BCUT2D eigenvalue weighted by Crippen LogP contribution is 2.42. The number of aryl methyl sites for hydroxylation is 1. The maximum atomic E-state index is 13.1. The van der Waals surface area contributed by atoms with Gasteiger partial charge in [0.25, 0.3) is 11.7 Å². The fourth-order valence-electron chi connectivity index (χ4n) is 4.10. The standard InChI is InChI=1S/C25H26N2O3S/c1-16-11-14-31-24(16)21-20(23(29)25(30)27(21)13-6-12-26(2)3)22(28)19-10-9-17-7-4-5-8-18(17)15-19/h4-5,7-11,14-15,21,28H,6,12-13H2,1-3H3/b22-20-. The zero-order chi connectivity index (χ0) is 22.1. The van der Waals surface area contributed by atoms with Crippen molar-refractivity contribution in [1.82, 2.24) is 9.80 Å². The highest BCUT2D eigenvalue weighted by Gasteiger charge is 2.46. The summed E-state index contributed by atoms with van der Waals surface area (Å²) in [6.45, 7) is 3.24. The van der Waals surface area contributed by atoms with Crippen LogP contribution in [0.2, 0.25) is 0 Å². The third-order valence-corrected chi connectivity index (χ3v) is 6.79. The van der Waals surface area contributed by atoms with E-state index in [1.54, 1.807) is 11.0 Å². The predicted molar refractivity (Wildman–Crippen MR) is 125 cm³/mol. The molecule has 160 valence electrons. The molecule has 0 radical (unpaired) electrons. The molecule has 1 aliphatic rings. The lowest BCUT2D eigenvalue weighted by Crippen LogP contribution is -2.32. The van der Waals surface area contributed by atoms with Gasteiger partial charge in [-0.15, -0.1) is 11.3 Å². The number of hydrogen-bond acceptors (Lipinski definition) is 5. The maximum Gasteiger partial charge on any atom is 0.295 e. The molecule has 3 aromatic rings. The molecule has 1 unspecified atom stereocenters. The summed E-state index contributed by atoms with van der Waals surface area (Å²) < 4.78 is 0. The normalized spacial score (nSPS) is 18.5. The van der Waals surface area contributed by atoms with Gasteiger partial charge < -0.3 is 14.9 Å². The largest absolute Gasteiger partial charge is 0.507 e. The SMILES string of the molecule is Cc1ccsc1C1/C(=C(/O)c2ccc3ccccc3c2)C(=O)C(=O)N1CCCN(C)C. The Morgan fingerprint density at radius 3 is 2.52 bits per heavy atom. The van der Waals surface area contributed by atoms with Gasteiger partial charge in [-0.3, -0.25) is 9.59 Å². The number of carbonyl (C=O) groups is 2. The molecule has 1 saturated heterocycles. The van der Waals surface area contributed by atoms with E-state index in [-0.39, 0.29) is 11.3 Å². The highest BCUT2D eigenvalue weighted by molar-refractivity contribution is 7.10.